The lowest BCUT2D eigenvalue weighted by molar-refractivity contribution is -0.123. The Morgan fingerprint density at radius 3 is 2.48 bits per heavy atom. The number of aromatic nitrogens is 2. The molecular weight excluding hydrogens is 438 g/mol. The average Bonchev–Trinajstić information content (AvgIpc) is 3.30. The van der Waals surface area contributed by atoms with Gasteiger partial charge >= 0.3 is 0 Å². The molecular formula is C25H30ClN5O2. The number of hydrogen-bond donors (Lipinski definition) is 1. The molecule has 1 aliphatic heterocycles. The van der Waals surface area contributed by atoms with Crippen LogP contribution in [0.3, 0.4) is 0 Å². The molecule has 1 aromatic heterocycles. The van der Waals surface area contributed by atoms with Crippen LogP contribution < -0.4 is 5.32 Å². The second-order valence-corrected chi connectivity index (χ2v) is 9.03. The van der Waals surface area contributed by atoms with Crippen molar-refractivity contribution < 1.29 is 9.32 Å². The minimum atomic E-state index is -0.132. The molecule has 1 amide bonds. The quantitative estimate of drug-likeness (QED) is 0.559. The first-order valence-electron chi connectivity index (χ1n) is 11.3. The summed E-state index contributed by atoms with van der Waals surface area (Å²) >= 11 is 6.25. The number of rotatable bonds is 7. The molecule has 0 saturated carbocycles. The van der Waals surface area contributed by atoms with E-state index >= 15 is 0 Å². The second kappa shape index (κ2) is 10.5. The fourth-order valence-electron chi connectivity index (χ4n) is 4.08. The molecule has 0 radical (unpaired) electrons. The third-order valence-electron chi connectivity index (χ3n) is 6.18. The Morgan fingerprint density at radius 1 is 1.09 bits per heavy atom. The summed E-state index contributed by atoms with van der Waals surface area (Å²) in [6, 6.07) is 15.6. The lowest BCUT2D eigenvalue weighted by Crippen LogP contribution is -2.50. The SMILES string of the molecule is Cc1ccc(-c2noc(C(C)N3CCN(CC(=O)NC(C)c4ccccc4Cl)CC3)n2)cc1. The van der Waals surface area contributed by atoms with Crippen molar-refractivity contribution in [2.24, 2.45) is 0 Å². The number of hydrogen-bond acceptors (Lipinski definition) is 6. The van der Waals surface area contributed by atoms with E-state index in [1.165, 1.54) is 5.56 Å². The molecule has 1 aliphatic rings. The maximum absolute atomic E-state index is 12.6. The standard InChI is InChI=1S/C25H30ClN5O2/c1-17-8-10-20(11-9-17)24-28-25(33-29-24)19(3)31-14-12-30(13-15-31)16-23(32)27-18(2)21-6-4-5-7-22(21)26/h4-11,18-19H,12-16H2,1-3H3,(H,27,32). The molecule has 2 aromatic carbocycles. The topological polar surface area (TPSA) is 74.5 Å². The van der Waals surface area contributed by atoms with Gasteiger partial charge in [0.05, 0.1) is 18.6 Å². The summed E-state index contributed by atoms with van der Waals surface area (Å²) in [4.78, 5) is 21.7. The van der Waals surface area contributed by atoms with Crippen LogP contribution in [0, 0.1) is 6.92 Å². The number of carbonyl (C=O) groups excluding carboxylic acids is 1. The fourth-order valence-corrected chi connectivity index (χ4v) is 4.38. The Kier molecular flexibility index (Phi) is 7.42. The van der Waals surface area contributed by atoms with E-state index < -0.39 is 0 Å². The van der Waals surface area contributed by atoms with Crippen molar-refractivity contribution >= 4 is 17.5 Å². The van der Waals surface area contributed by atoms with Crippen LogP contribution in [0.2, 0.25) is 5.02 Å². The Balaban J connectivity index is 1.27. The maximum Gasteiger partial charge on any atom is 0.244 e. The first-order chi connectivity index (χ1) is 15.9. The first-order valence-corrected chi connectivity index (χ1v) is 11.7. The summed E-state index contributed by atoms with van der Waals surface area (Å²) in [5, 5.41) is 7.88. The lowest BCUT2D eigenvalue weighted by Gasteiger charge is -2.36. The zero-order chi connectivity index (χ0) is 23.4. The lowest BCUT2D eigenvalue weighted by atomic mass is 10.1. The predicted octanol–water partition coefficient (Wildman–Crippen LogP) is 4.25. The van der Waals surface area contributed by atoms with Gasteiger partial charge in [0.1, 0.15) is 0 Å². The maximum atomic E-state index is 12.6. The van der Waals surface area contributed by atoms with E-state index in [0.29, 0.717) is 23.3 Å². The number of halogens is 1. The average molecular weight is 468 g/mol. The number of nitrogens with zero attached hydrogens (tertiary/aromatic N) is 4. The van der Waals surface area contributed by atoms with Gasteiger partial charge in [-0.3, -0.25) is 14.6 Å². The van der Waals surface area contributed by atoms with Crippen LogP contribution in [-0.2, 0) is 4.79 Å². The van der Waals surface area contributed by atoms with E-state index in [1.54, 1.807) is 0 Å². The molecule has 1 fully saturated rings. The summed E-state index contributed by atoms with van der Waals surface area (Å²) < 4.78 is 5.56. The highest BCUT2D eigenvalue weighted by Crippen LogP contribution is 2.24. The van der Waals surface area contributed by atoms with Gasteiger partial charge in [-0.2, -0.15) is 4.98 Å². The summed E-state index contributed by atoms with van der Waals surface area (Å²) in [6.45, 7) is 9.72. The van der Waals surface area contributed by atoms with Gasteiger partial charge in [-0.25, -0.2) is 0 Å². The van der Waals surface area contributed by atoms with E-state index in [-0.39, 0.29) is 18.0 Å². The monoisotopic (exact) mass is 467 g/mol. The number of piperazine rings is 1. The van der Waals surface area contributed by atoms with Crippen molar-refractivity contribution in [1.82, 2.24) is 25.3 Å². The molecule has 174 valence electrons. The molecule has 3 aromatic rings. The minimum absolute atomic E-state index is 0.00330. The number of amides is 1. The summed E-state index contributed by atoms with van der Waals surface area (Å²) in [5.74, 6) is 1.23. The van der Waals surface area contributed by atoms with Crippen LogP contribution >= 0.6 is 11.6 Å². The molecule has 1 saturated heterocycles. The molecule has 7 nitrogen and oxygen atoms in total. The smallest absolute Gasteiger partial charge is 0.244 e. The van der Waals surface area contributed by atoms with E-state index in [0.717, 1.165) is 37.3 Å². The van der Waals surface area contributed by atoms with E-state index in [9.17, 15) is 4.79 Å². The summed E-state index contributed by atoms with van der Waals surface area (Å²) in [7, 11) is 0. The van der Waals surface area contributed by atoms with Gasteiger partial charge in [0.15, 0.2) is 0 Å². The highest BCUT2D eigenvalue weighted by Gasteiger charge is 2.27. The van der Waals surface area contributed by atoms with Crippen molar-refractivity contribution in [1.29, 1.82) is 0 Å². The zero-order valence-corrected chi connectivity index (χ0v) is 20.0. The summed E-state index contributed by atoms with van der Waals surface area (Å²) in [6.07, 6.45) is 0. The molecule has 33 heavy (non-hydrogen) atoms. The van der Waals surface area contributed by atoms with Gasteiger partial charge in [0.2, 0.25) is 17.6 Å². The predicted molar refractivity (Wildman–Crippen MR) is 129 cm³/mol. The minimum Gasteiger partial charge on any atom is -0.348 e. The molecule has 0 spiro atoms. The van der Waals surface area contributed by atoms with Gasteiger partial charge < -0.3 is 9.84 Å². The van der Waals surface area contributed by atoms with Crippen LogP contribution in [0.5, 0.6) is 0 Å². The number of benzene rings is 2. The Labute approximate surface area is 199 Å². The third kappa shape index (κ3) is 5.79. The van der Waals surface area contributed by atoms with Crippen molar-refractivity contribution in [3.05, 3.63) is 70.6 Å². The Hall–Kier alpha value is -2.74. The van der Waals surface area contributed by atoms with Crippen molar-refractivity contribution in [2.75, 3.05) is 32.7 Å². The molecule has 0 aliphatic carbocycles. The highest BCUT2D eigenvalue weighted by molar-refractivity contribution is 6.31. The Morgan fingerprint density at radius 2 is 1.79 bits per heavy atom. The summed E-state index contributed by atoms with van der Waals surface area (Å²) in [5.41, 5.74) is 3.07. The number of aryl methyl sites for hydroxylation is 1. The van der Waals surface area contributed by atoms with Crippen molar-refractivity contribution in [2.45, 2.75) is 32.9 Å². The molecule has 1 N–H and O–H groups in total. The molecule has 4 rings (SSSR count). The van der Waals surface area contributed by atoms with Crippen molar-refractivity contribution in [3.8, 4) is 11.4 Å². The van der Waals surface area contributed by atoms with E-state index in [2.05, 4.69) is 39.1 Å². The molecule has 8 heteroatoms. The van der Waals surface area contributed by atoms with Gasteiger partial charge in [-0.15, -0.1) is 0 Å². The van der Waals surface area contributed by atoms with Gasteiger partial charge in [0, 0.05) is 36.8 Å². The third-order valence-corrected chi connectivity index (χ3v) is 6.52. The molecule has 2 unspecified atom stereocenters. The van der Waals surface area contributed by atoms with Gasteiger partial charge in [-0.05, 0) is 32.4 Å². The van der Waals surface area contributed by atoms with E-state index in [1.807, 2.05) is 55.5 Å². The normalized spacial score (nSPS) is 17.0. The van der Waals surface area contributed by atoms with Crippen LogP contribution in [-0.4, -0.2) is 58.6 Å². The van der Waals surface area contributed by atoms with Gasteiger partial charge in [0.25, 0.3) is 0 Å². The fraction of sp³-hybridized carbons (Fsp3) is 0.400. The number of nitrogens with one attached hydrogen (secondary N) is 1. The van der Waals surface area contributed by atoms with Crippen LogP contribution in [0.15, 0.2) is 53.1 Å². The molecule has 0 bridgehead atoms. The second-order valence-electron chi connectivity index (χ2n) is 8.62. The van der Waals surface area contributed by atoms with Crippen molar-refractivity contribution in [3.63, 3.8) is 0 Å². The van der Waals surface area contributed by atoms with Crippen LogP contribution in [0.4, 0.5) is 0 Å². The highest BCUT2D eigenvalue weighted by atomic mass is 35.5. The molecule has 2 heterocycles. The Bertz CT molecular complexity index is 1080. The van der Waals surface area contributed by atoms with Crippen LogP contribution in [0.25, 0.3) is 11.4 Å². The van der Waals surface area contributed by atoms with Gasteiger partial charge in [-0.1, -0.05) is 64.8 Å². The largest absolute Gasteiger partial charge is 0.348 e. The zero-order valence-electron chi connectivity index (χ0n) is 19.3. The van der Waals surface area contributed by atoms with E-state index in [4.69, 9.17) is 16.1 Å². The van der Waals surface area contributed by atoms with Crippen LogP contribution in [0.1, 0.15) is 42.9 Å². The number of carbonyl (C=O) groups is 1. The molecule has 2 atom stereocenters. The first kappa shape index (κ1) is 23.4.